The van der Waals surface area contributed by atoms with Gasteiger partial charge in [-0.25, -0.2) is 4.39 Å². The van der Waals surface area contributed by atoms with Crippen molar-refractivity contribution in [2.45, 2.75) is 13.0 Å². The van der Waals surface area contributed by atoms with E-state index in [9.17, 15) is 4.39 Å². The average molecular weight is 246 g/mol. The van der Waals surface area contributed by atoms with Crippen LogP contribution in [0.2, 0.25) is 0 Å². The fourth-order valence-corrected chi connectivity index (χ4v) is 2.29. The van der Waals surface area contributed by atoms with Gasteiger partial charge in [0.1, 0.15) is 5.82 Å². The highest BCUT2D eigenvalue weighted by Crippen LogP contribution is 2.23. The maximum Gasteiger partial charge on any atom is 0.147 e. The summed E-state index contributed by atoms with van der Waals surface area (Å²) in [7, 11) is 0. The molecule has 0 aliphatic heterocycles. The third kappa shape index (κ3) is 2.63. The van der Waals surface area contributed by atoms with Gasteiger partial charge >= 0.3 is 0 Å². The molecule has 0 saturated carbocycles. The number of thiophene rings is 1. The van der Waals surface area contributed by atoms with Gasteiger partial charge in [-0.2, -0.15) is 16.6 Å². The maximum absolute atomic E-state index is 13.6. The van der Waals surface area contributed by atoms with Crippen LogP contribution in [-0.4, -0.2) is 0 Å². The number of halogens is 1. The molecule has 0 amide bonds. The Hall–Kier alpha value is -1.86. The first-order valence-corrected chi connectivity index (χ1v) is 6.13. The number of benzene rings is 1. The predicted octanol–water partition coefficient (Wildman–Crippen LogP) is 3.93. The lowest BCUT2D eigenvalue weighted by atomic mass is 10.1. The zero-order chi connectivity index (χ0) is 12.3. The van der Waals surface area contributed by atoms with Gasteiger partial charge in [0.15, 0.2) is 0 Å². The molecule has 0 fully saturated rings. The molecule has 1 unspecified atom stereocenters. The Morgan fingerprint density at radius 1 is 1.41 bits per heavy atom. The molecular formula is C13H11FN2S. The molecule has 2 aromatic rings. The minimum atomic E-state index is -0.397. The topological polar surface area (TPSA) is 35.8 Å². The molecule has 0 saturated heterocycles. The summed E-state index contributed by atoms with van der Waals surface area (Å²) in [6.07, 6.45) is 0. The summed E-state index contributed by atoms with van der Waals surface area (Å²) in [6, 6.07) is 8.39. The molecule has 2 rings (SSSR count). The Bertz CT molecular complexity index is 543. The monoisotopic (exact) mass is 246 g/mol. The van der Waals surface area contributed by atoms with Crippen LogP contribution < -0.4 is 5.32 Å². The molecule has 0 aliphatic rings. The molecular weight excluding hydrogens is 235 g/mol. The van der Waals surface area contributed by atoms with Gasteiger partial charge in [-0.3, -0.25) is 0 Å². The number of nitriles is 1. The van der Waals surface area contributed by atoms with E-state index in [1.54, 1.807) is 23.5 Å². The Labute approximate surface area is 103 Å². The van der Waals surface area contributed by atoms with Crippen LogP contribution in [0.4, 0.5) is 10.1 Å². The van der Waals surface area contributed by atoms with Crippen molar-refractivity contribution in [1.29, 1.82) is 5.26 Å². The van der Waals surface area contributed by atoms with Crippen LogP contribution >= 0.6 is 11.3 Å². The number of nitrogens with zero attached hydrogens (tertiary/aromatic N) is 1. The van der Waals surface area contributed by atoms with Crippen LogP contribution in [0.3, 0.4) is 0 Å². The van der Waals surface area contributed by atoms with Gasteiger partial charge in [-0.1, -0.05) is 0 Å². The highest BCUT2D eigenvalue weighted by molar-refractivity contribution is 7.07. The Balaban J connectivity index is 2.17. The molecule has 17 heavy (non-hydrogen) atoms. The van der Waals surface area contributed by atoms with Crippen molar-refractivity contribution in [2.75, 3.05) is 5.32 Å². The lowest BCUT2D eigenvalue weighted by Crippen LogP contribution is -2.07. The largest absolute Gasteiger partial charge is 0.376 e. The summed E-state index contributed by atoms with van der Waals surface area (Å²) >= 11 is 1.61. The van der Waals surface area contributed by atoms with Crippen molar-refractivity contribution in [3.8, 4) is 6.07 Å². The van der Waals surface area contributed by atoms with Gasteiger partial charge in [0.2, 0.25) is 0 Å². The molecule has 1 atom stereocenters. The van der Waals surface area contributed by atoms with Crippen LogP contribution in [0.5, 0.6) is 0 Å². The molecule has 0 radical (unpaired) electrons. The SMILES string of the molecule is CC(Nc1ccc(C#N)cc1F)c1ccsc1. The van der Waals surface area contributed by atoms with Crippen molar-refractivity contribution in [3.05, 3.63) is 52.0 Å². The van der Waals surface area contributed by atoms with Crippen LogP contribution in [0.1, 0.15) is 24.1 Å². The van der Waals surface area contributed by atoms with Crippen molar-refractivity contribution >= 4 is 17.0 Å². The van der Waals surface area contributed by atoms with Gasteiger partial charge in [-0.05, 0) is 47.5 Å². The van der Waals surface area contributed by atoms with E-state index in [-0.39, 0.29) is 6.04 Å². The normalized spacial score (nSPS) is 11.8. The first-order chi connectivity index (χ1) is 8.20. The van der Waals surface area contributed by atoms with Gasteiger partial charge in [0.25, 0.3) is 0 Å². The van der Waals surface area contributed by atoms with Gasteiger partial charge in [0, 0.05) is 6.04 Å². The zero-order valence-electron chi connectivity index (χ0n) is 9.27. The van der Waals surface area contributed by atoms with Crippen molar-refractivity contribution in [1.82, 2.24) is 0 Å². The van der Waals surface area contributed by atoms with Crippen molar-refractivity contribution in [3.63, 3.8) is 0 Å². The van der Waals surface area contributed by atoms with Crippen LogP contribution in [-0.2, 0) is 0 Å². The second kappa shape index (κ2) is 4.98. The van der Waals surface area contributed by atoms with Crippen LogP contribution in [0.25, 0.3) is 0 Å². The quantitative estimate of drug-likeness (QED) is 0.890. The van der Waals surface area contributed by atoms with Crippen LogP contribution in [0.15, 0.2) is 35.0 Å². The highest BCUT2D eigenvalue weighted by Gasteiger charge is 2.09. The third-order valence-electron chi connectivity index (χ3n) is 2.51. The van der Waals surface area contributed by atoms with E-state index in [0.717, 1.165) is 5.56 Å². The Morgan fingerprint density at radius 3 is 2.82 bits per heavy atom. The zero-order valence-corrected chi connectivity index (χ0v) is 10.1. The summed E-state index contributed by atoms with van der Waals surface area (Å²) in [5.41, 5.74) is 1.87. The number of nitrogens with one attached hydrogen (secondary N) is 1. The highest BCUT2D eigenvalue weighted by atomic mass is 32.1. The van der Waals surface area contributed by atoms with E-state index >= 15 is 0 Å². The van der Waals surface area contributed by atoms with Gasteiger partial charge < -0.3 is 5.32 Å². The lowest BCUT2D eigenvalue weighted by Gasteiger charge is -2.14. The minimum absolute atomic E-state index is 0.0451. The molecule has 1 heterocycles. The lowest BCUT2D eigenvalue weighted by molar-refractivity contribution is 0.627. The maximum atomic E-state index is 13.6. The molecule has 1 aromatic heterocycles. The van der Waals surface area contributed by atoms with E-state index in [4.69, 9.17) is 5.26 Å². The number of hydrogen-bond donors (Lipinski definition) is 1. The van der Waals surface area contributed by atoms with Gasteiger partial charge in [0.05, 0.1) is 17.3 Å². The molecule has 1 aromatic carbocycles. The molecule has 0 aliphatic carbocycles. The summed E-state index contributed by atoms with van der Waals surface area (Å²) in [4.78, 5) is 0. The van der Waals surface area contributed by atoms with E-state index in [1.807, 2.05) is 29.8 Å². The third-order valence-corrected chi connectivity index (χ3v) is 3.21. The van der Waals surface area contributed by atoms with Crippen LogP contribution in [0, 0.1) is 17.1 Å². The molecule has 86 valence electrons. The summed E-state index contributed by atoms with van der Waals surface area (Å²) < 4.78 is 13.6. The first kappa shape index (κ1) is 11.6. The van der Waals surface area contributed by atoms with E-state index in [1.165, 1.54) is 6.07 Å². The fourth-order valence-electron chi connectivity index (χ4n) is 1.54. The average Bonchev–Trinajstić information content (AvgIpc) is 2.85. The van der Waals surface area contributed by atoms with Gasteiger partial charge in [-0.15, -0.1) is 0 Å². The second-order valence-corrected chi connectivity index (χ2v) is 4.51. The molecule has 0 bridgehead atoms. The summed E-state index contributed by atoms with van der Waals surface area (Å²) in [5, 5.41) is 15.8. The molecule has 2 nitrogen and oxygen atoms in total. The fraction of sp³-hybridized carbons (Fsp3) is 0.154. The van der Waals surface area contributed by atoms with Crippen molar-refractivity contribution < 1.29 is 4.39 Å². The standard InChI is InChI=1S/C13H11FN2S/c1-9(11-4-5-17-8-11)16-13-3-2-10(7-15)6-12(13)14/h2-6,8-9,16H,1H3. The number of anilines is 1. The smallest absolute Gasteiger partial charge is 0.147 e. The summed E-state index contributed by atoms with van der Waals surface area (Å²) in [6.45, 7) is 1.97. The number of hydrogen-bond acceptors (Lipinski definition) is 3. The molecule has 1 N–H and O–H groups in total. The second-order valence-electron chi connectivity index (χ2n) is 3.73. The van der Waals surface area contributed by atoms with E-state index in [2.05, 4.69) is 5.32 Å². The molecule has 0 spiro atoms. The first-order valence-electron chi connectivity index (χ1n) is 5.19. The Morgan fingerprint density at radius 2 is 2.24 bits per heavy atom. The van der Waals surface area contributed by atoms with Crippen molar-refractivity contribution in [2.24, 2.45) is 0 Å². The Kier molecular flexibility index (Phi) is 3.40. The minimum Gasteiger partial charge on any atom is -0.376 e. The predicted molar refractivity (Wildman–Crippen MR) is 67.5 cm³/mol. The van der Waals surface area contributed by atoms with E-state index in [0.29, 0.717) is 11.3 Å². The van der Waals surface area contributed by atoms with E-state index < -0.39 is 5.82 Å². The summed E-state index contributed by atoms with van der Waals surface area (Å²) in [5.74, 6) is -0.397. The molecule has 4 heteroatoms. The number of rotatable bonds is 3.